The minimum atomic E-state index is -0.411. The van der Waals surface area contributed by atoms with E-state index in [-0.39, 0.29) is 18.4 Å². The summed E-state index contributed by atoms with van der Waals surface area (Å²) in [5.74, 6) is 0.145. The van der Waals surface area contributed by atoms with Crippen LogP contribution in [0.25, 0.3) is 0 Å². The lowest BCUT2D eigenvalue weighted by molar-refractivity contribution is -0.127. The highest BCUT2D eigenvalue weighted by Gasteiger charge is 2.19. The van der Waals surface area contributed by atoms with Gasteiger partial charge < -0.3 is 20.1 Å². The van der Waals surface area contributed by atoms with E-state index in [4.69, 9.17) is 21.1 Å². The molecule has 1 fully saturated rings. The number of halogens is 1. The molecule has 0 spiro atoms. The number of hydrogen-bond donors (Lipinski definition) is 2. The van der Waals surface area contributed by atoms with Crippen molar-refractivity contribution in [1.82, 2.24) is 5.32 Å². The van der Waals surface area contributed by atoms with E-state index in [0.29, 0.717) is 22.2 Å². The fourth-order valence-electron chi connectivity index (χ4n) is 2.82. The van der Waals surface area contributed by atoms with Gasteiger partial charge in [0.1, 0.15) is 17.9 Å². The van der Waals surface area contributed by atoms with E-state index < -0.39 is 5.91 Å². The van der Waals surface area contributed by atoms with Crippen molar-refractivity contribution in [3.8, 4) is 11.5 Å². The number of amides is 2. The van der Waals surface area contributed by atoms with Crippen LogP contribution in [-0.4, -0.2) is 32.1 Å². The monoisotopic (exact) mass is 354 g/mol. The summed E-state index contributed by atoms with van der Waals surface area (Å²) >= 11 is 6.03. The number of nitrogens with one attached hydrogen (secondary N) is 2. The number of benzene rings is 1. The summed E-state index contributed by atoms with van der Waals surface area (Å²) in [6, 6.07) is 3.31. The van der Waals surface area contributed by atoms with Crippen LogP contribution in [-0.2, 0) is 9.59 Å². The first-order valence-electron chi connectivity index (χ1n) is 8.04. The zero-order chi connectivity index (χ0) is 17.5. The zero-order valence-corrected chi connectivity index (χ0v) is 14.7. The van der Waals surface area contributed by atoms with E-state index in [0.717, 1.165) is 25.7 Å². The molecule has 2 amide bonds. The van der Waals surface area contributed by atoms with Gasteiger partial charge in [-0.25, -0.2) is 0 Å². The Kier molecular flexibility index (Phi) is 6.73. The molecule has 2 rings (SSSR count). The first-order chi connectivity index (χ1) is 11.5. The minimum Gasteiger partial charge on any atom is -0.495 e. The van der Waals surface area contributed by atoms with Crippen LogP contribution in [0, 0.1) is 0 Å². The molecule has 7 heteroatoms. The second-order valence-electron chi connectivity index (χ2n) is 5.81. The van der Waals surface area contributed by atoms with Crippen molar-refractivity contribution < 1.29 is 19.1 Å². The molecule has 0 radical (unpaired) electrons. The Labute approximate surface area is 146 Å². The van der Waals surface area contributed by atoms with Gasteiger partial charge >= 0.3 is 0 Å². The van der Waals surface area contributed by atoms with E-state index in [1.54, 1.807) is 12.1 Å². The summed E-state index contributed by atoms with van der Waals surface area (Å²) in [4.78, 5) is 24.1. The maximum Gasteiger partial charge on any atom is 0.233 e. The third-order valence-electron chi connectivity index (χ3n) is 4.04. The highest BCUT2D eigenvalue weighted by atomic mass is 35.5. The number of carbonyl (C=O) groups is 2. The van der Waals surface area contributed by atoms with E-state index in [2.05, 4.69) is 10.6 Å². The van der Waals surface area contributed by atoms with Crippen LogP contribution in [0.1, 0.15) is 38.5 Å². The zero-order valence-electron chi connectivity index (χ0n) is 14.0. The largest absolute Gasteiger partial charge is 0.495 e. The Morgan fingerprint density at radius 2 is 1.75 bits per heavy atom. The average Bonchev–Trinajstić information content (AvgIpc) is 2.56. The van der Waals surface area contributed by atoms with Gasteiger partial charge in [-0.1, -0.05) is 30.9 Å². The van der Waals surface area contributed by atoms with Crippen LogP contribution < -0.4 is 20.1 Å². The molecule has 2 N–H and O–H groups in total. The summed E-state index contributed by atoms with van der Waals surface area (Å²) < 4.78 is 10.3. The van der Waals surface area contributed by atoms with E-state index in [1.165, 1.54) is 20.6 Å². The van der Waals surface area contributed by atoms with Crippen molar-refractivity contribution in [1.29, 1.82) is 0 Å². The van der Waals surface area contributed by atoms with Gasteiger partial charge in [-0.15, -0.1) is 0 Å². The number of methoxy groups -OCH3 is 2. The number of hydrogen-bond acceptors (Lipinski definition) is 4. The van der Waals surface area contributed by atoms with Crippen molar-refractivity contribution >= 4 is 29.1 Å². The molecule has 132 valence electrons. The molecule has 0 aliphatic heterocycles. The molecule has 1 aliphatic carbocycles. The van der Waals surface area contributed by atoms with Crippen molar-refractivity contribution in [2.24, 2.45) is 0 Å². The van der Waals surface area contributed by atoms with Gasteiger partial charge in [0.15, 0.2) is 0 Å². The second kappa shape index (κ2) is 8.78. The Balaban J connectivity index is 1.94. The summed E-state index contributed by atoms with van der Waals surface area (Å²) in [5.41, 5.74) is 0.411. The third kappa shape index (κ3) is 5.03. The van der Waals surface area contributed by atoms with Crippen LogP contribution in [0.2, 0.25) is 5.02 Å². The van der Waals surface area contributed by atoms with Crippen molar-refractivity contribution in [2.45, 2.75) is 44.6 Å². The quantitative estimate of drug-likeness (QED) is 0.769. The fourth-order valence-corrected chi connectivity index (χ4v) is 3.05. The van der Waals surface area contributed by atoms with E-state index in [1.807, 2.05) is 0 Å². The number of ether oxygens (including phenoxy) is 2. The lowest BCUT2D eigenvalue weighted by Crippen LogP contribution is -2.37. The standard InChI is InChI=1S/C17H23ClN2O4/c1-23-14-9-13(15(24-2)8-12(14)18)20-17(22)10-16(21)19-11-6-4-3-5-7-11/h8-9,11H,3-7,10H2,1-2H3,(H,19,21)(H,20,22). The third-order valence-corrected chi connectivity index (χ3v) is 4.33. The lowest BCUT2D eigenvalue weighted by atomic mass is 9.95. The molecule has 24 heavy (non-hydrogen) atoms. The minimum absolute atomic E-state index is 0.184. The molecule has 1 aliphatic rings. The maximum absolute atomic E-state index is 12.1. The molecule has 0 aromatic heterocycles. The van der Waals surface area contributed by atoms with Gasteiger partial charge in [0.2, 0.25) is 11.8 Å². The Morgan fingerprint density at radius 3 is 2.38 bits per heavy atom. The van der Waals surface area contributed by atoms with E-state index >= 15 is 0 Å². The van der Waals surface area contributed by atoms with Crippen LogP contribution in [0.3, 0.4) is 0 Å². The van der Waals surface area contributed by atoms with Gasteiger partial charge in [0, 0.05) is 18.2 Å². The van der Waals surface area contributed by atoms with Gasteiger partial charge in [-0.3, -0.25) is 9.59 Å². The molecular weight excluding hydrogens is 332 g/mol. The molecular formula is C17H23ClN2O4. The van der Waals surface area contributed by atoms with Crippen molar-refractivity contribution in [3.05, 3.63) is 17.2 Å². The Hall–Kier alpha value is -1.95. The Bertz CT molecular complexity index is 600. The molecule has 0 heterocycles. The number of carbonyl (C=O) groups excluding carboxylic acids is 2. The first kappa shape index (κ1) is 18.4. The molecule has 0 atom stereocenters. The highest BCUT2D eigenvalue weighted by Crippen LogP contribution is 2.35. The maximum atomic E-state index is 12.1. The van der Waals surface area contributed by atoms with E-state index in [9.17, 15) is 9.59 Å². The Morgan fingerprint density at radius 1 is 1.08 bits per heavy atom. The van der Waals surface area contributed by atoms with Gasteiger partial charge in [-0.2, -0.15) is 0 Å². The van der Waals surface area contributed by atoms with Crippen LogP contribution in [0.15, 0.2) is 12.1 Å². The van der Waals surface area contributed by atoms with Crippen molar-refractivity contribution in [2.75, 3.05) is 19.5 Å². The fraction of sp³-hybridized carbons (Fsp3) is 0.529. The number of rotatable bonds is 6. The predicted octanol–water partition coefficient (Wildman–Crippen LogP) is 3.13. The molecule has 0 bridgehead atoms. The molecule has 1 aromatic rings. The average molecular weight is 355 g/mol. The molecule has 1 aromatic carbocycles. The van der Waals surface area contributed by atoms with Crippen LogP contribution in [0.4, 0.5) is 5.69 Å². The second-order valence-corrected chi connectivity index (χ2v) is 6.22. The van der Waals surface area contributed by atoms with Crippen LogP contribution in [0.5, 0.6) is 11.5 Å². The first-order valence-corrected chi connectivity index (χ1v) is 8.42. The molecule has 0 saturated heterocycles. The topological polar surface area (TPSA) is 76.7 Å². The summed E-state index contributed by atoms with van der Waals surface area (Å²) in [6.07, 6.45) is 5.19. The molecule has 1 saturated carbocycles. The van der Waals surface area contributed by atoms with Gasteiger partial charge in [0.05, 0.1) is 24.9 Å². The smallest absolute Gasteiger partial charge is 0.233 e. The highest BCUT2D eigenvalue weighted by molar-refractivity contribution is 6.32. The summed E-state index contributed by atoms with van der Waals surface area (Å²) in [6.45, 7) is 0. The SMILES string of the molecule is COc1cc(NC(=O)CC(=O)NC2CCCCC2)c(OC)cc1Cl. The van der Waals surface area contributed by atoms with Crippen molar-refractivity contribution in [3.63, 3.8) is 0 Å². The molecule has 0 unspecified atom stereocenters. The molecule has 6 nitrogen and oxygen atoms in total. The normalized spacial score (nSPS) is 14.8. The summed E-state index contributed by atoms with van der Waals surface area (Å²) in [7, 11) is 2.96. The number of anilines is 1. The predicted molar refractivity (Wildman–Crippen MR) is 92.8 cm³/mol. The summed E-state index contributed by atoms with van der Waals surface area (Å²) in [5, 5.41) is 5.96. The lowest BCUT2D eigenvalue weighted by Gasteiger charge is -2.22. The van der Waals surface area contributed by atoms with Gasteiger partial charge in [0.25, 0.3) is 0 Å². The van der Waals surface area contributed by atoms with Crippen LogP contribution >= 0.6 is 11.6 Å². The van der Waals surface area contributed by atoms with Gasteiger partial charge in [-0.05, 0) is 12.8 Å².